The first-order valence-corrected chi connectivity index (χ1v) is 7.46. The summed E-state index contributed by atoms with van der Waals surface area (Å²) < 4.78 is 1.68. The highest BCUT2D eigenvalue weighted by Crippen LogP contribution is 2.21. The fourth-order valence-corrected chi connectivity index (χ4v) is 2.70. The molecule has 0 aliphatic carbocycles. The number of benzene rings is 1. The second-order valence-corrected chi connectivity index (χ2v) is 5.54. The van der Waals surface area contributed by atoms with Gasteiger partial charge in [0.05, 0.1) is 24.7 Å². The molecule has 120 valence electrons. The lowest BCUT2D eigenvalue weighted by molar-refractivity contribution is 0.281. The Morgan fingerprint density at radius 3 is 2.57 bits per heavy atom. The summed E-state index contributed by atoms with van der Waals surface area (Å²) in [4.78, 5) is 8.09. The molecule has 0 amide bonds. The van der Waals surface area contributed by atoms with E-state index in [0.717, 1.165) is 16.7 Å². The Labute approximate surface area is 137 Å². The zero-order chi connectivity index (χ0) is 16.4. The van der Waals surface area contributed by atoms with Crippen molar-refractivity contribution in [2.45, 2.75) is 19.6 Å². The maximum absolute atomic E-state index is 9.39. The number of hydrogen-bond donors (Lipinski definition) is 3. The number of nitrogens with zero attached hydrogens (tertiary/aromatic N) is 4. The molecule has 0 atom stereocenters. The van der Waals surface area contributed by atoms with Crippen LogP contribution in [0.5, 0.6) is 0 Å². The number of aliphatic hydroxyl groups is 2. The Kier molecular flexibility index (Phi) is 4.42. The van der Waals surface area contributed by atoms with Crippen molar-refractivity contribution in [3.8, 4) is 0 Å². The lowest BCUT2D eigenvalue weighted by Crippen LogP contribution is -2.05. The molecule has 0 saturated heterocycles. The number of aromatic nitrogens is 4. The summed E-state index contributed by atoms with van der Waals surface area (Å²) in [6.45, 7) is 0.439. The van der Waals surface area contributed by atoms with Gasteiger partial charge in [0.25, 0.3) is 0 Å². The van der Waals surface area contributed by atoms with Crippen LogP contribution in [0.4, 0.5) is 5.82 Å². The van der Waals surface area contributed by atoms with E-state index in [1.165, 1.54) is 0 Å². The molecule has 8 heteroatoms. The molecular weight excluding hydrogens is 318 g/mol. The zero-order valence-electron chi connectivity index (χ0n) is 12.3. The number of halogens is 1. The van der Waals surface area contributed by atoms with Gasteiger partial charge in [0.1, 0.15) is 5.82 Å². The molecule has 0 saturated carbocycles. The number of anilines is 1. The minimum absolute atomic E-state index is 0.0540. The Morgan fingerprint density at radius 2 is 1.83 bits per heavy atom. The number of hydrogen-bond acceptors (Lipinski definition) is 6. The van der Waals surface area contributed by atoms with Crippen molar-refractivity contribution < 1.29 is 10.2 Å². The first-order valence-electron chi connectivity index (χ1n) is 7.08. The van der Waals surface area contributed by atoms with Gasteiger partial charge in [-0.15, -0.1) is 0 Å². The third-order valence-corrected chi connectivity index (χ3v) is 3.70. The molecule has 0 aliphatic heterocycles. The van der Waals surface area contributed by atoms with Crippen molar-refractivity contribution in [1.29, 1.82) is 0 Å². The van der Waals surface area contributed by atoms with Gasteiger partial charge in [-0.25, -0.2) is 9.67 Å². The van der Waals surface area contributed by atoms with Crippen molar-refractivity contribution in [1.82, 2.24) is 19.7 Å². The summed E-state index contributed by atoms with van der Waals surface area (Å²) in [5.41, 5.74) is 9.07. The Morgan fingerprint density at radius 1 is 1.09 bits per heavy atom. The van der Waals surface area contributed by atoms with E-state index in [0.29, 0.717) is 24.0 Å². The summed E-state index contributed by atoms with van der Waals surface area (Å²) in [6, 6.07) is 5.73. The Balaban J connectivity index is 2.00. The average Bonchev–Trinajstić information content (AvgIpc) is 2.90. The van der Waals surface area contributed by atoms with Crippen LogP contribution >= 0.6 is 11.6 Å². The Bertz CT molecular complexity index is 849. The quantitative estimate of drug-likeness (QED) is 0.604. The van der Waals surface area contributed by atoms with Crippen LogP contribution in [0, 0.1) is 0 Å². The third kappa shape index (κ3) is 3.26. The molecular formula is C15H16ClN5O2. The first kappa shape index (κ1) is 15.7. The van der Waals surface area contributed by atoms with Gasteiger partial charge in [0.2, 0.25) is 5.28 Å². The van der Waals surface area contributed by atoms with Crippen LogP contribution in [0.15, 0.2) is 24.4 Å². The first-order chi connectivity index (χ1) is 11.1. The lowest BCUT2D eigenvalue weighted by Gasteiger charge is -2.09. The van der Waals surface area contributed by atoms with Crippen LogP contribution in [-0.4, -0.2) is 36.6 Å². The smallest absolute Gasteiger partial charge is 0.226 e. The van der Waals surface area contributed by atoms with Crippen molar-refractivity contribution in [3.05, 3.63) is 46.4 Å². The van der Waals surface area contributed by atoms with E-state index >= 15 is 0 Å². The second kappa shape index (κ2) is 6.49. The fourth-order valence-electron chi connectivity index (χ4n) is 2.53. The van der Waals surface area contributed by atoms with Crippen LogP contribution in [0.1, 0.15) is 16.7 Å². The monoisotopic (exact) mass is 333 g/mol. The fraction of sp³-hybridized carbons (Fsp3) is 0.267. The van der Waals surface area contributed by atoms with Crippen LogP contribution in [0.2, 0.25) is 5.28 Å². The van der Waals surface area contributed by atoms with E-state index < -0.39 is 0 Å². The molecule has 0 aliphatic rings. The molecule has 23 heavy (non-hydrogen) atoms. The summed E-state index contributed by atoms with van der Waals surface area (Å²) in [6.07, 6.45) is 2.13. The predicted molar refractivity (Wildman–Crippen MR) is 87.0 cm³/mol. The predicted octanol–water partition coefficient (Wildman–Crippen LogP) is 1.14. The Hall–Kier alpha value is -2.22. The lowest BCUT2D eigenvalue weighted by atomic mass is 10.0. The van der Waals surface area contributed by atoms with E-state index in [1.54, 1.807) is 10.9 Å². The highest BCUT2D eigenvalue weighted by molar-refractivity contribution is 6.28. The van der Waals surface area contributed by atoms with Crippen molar-refractivity contribution in [2.75, 3.05) is 12.3 Å². The molecule has 3 aromatic rings. The van der Waals surface area contributed by atoms with Gasteiger partial charge in [0, 0.05) is 6.61 Å². The second-order valence-electron chi connectivity index (χ2n) is 5.21. The maximum Gasteiger partial charge on any atom is 0.226 e. The van der Waals surface area contributed by atoms with Crippen molar-refractivity contribution in [2.24, 2.45) is 0 Å². The van der Waals surface area contributed by atoms with Crippen LogP contribution in [0.3, 0.4) is 0 Å². The van der Waals surface area contributed by atoms with Gasteiger partial charge in [-0.05, 0) is 34.7 Å². The van der Waals surface area contributed by atoms with Crippen LogP contribution < -0.4 is 5.73 Å². The van der Waals surface area contributed by atoms with Crippen LogP contribution in [-0.2, 0) is 19.6 Å². The van der Waals surface area contributed by atoms with Crippen molar-refractivity contribution in [3.63, 3.8) is 0 Å². The number of aliphatic hydroxyl groups excluding tert-OH is 2. The number of fused-ring (bicyclic) bond motifs is 1. The van der Waals surface area contributed by atoms with Gasteiger partial charge in [-0.1, -0.05) is 18.2 Å². The molecule has 0 spiro atoms. The largest absolute Gasteiger partial charge is 0.396 e. The molecule has 0 radical (unpaired) electrons. The van der Waals surface area contributed by atoms with E-state index in [2.05, 4.69) is 15.1 Å². The average molecular weight is 334 g/mol. The van der Waals surface area contributed by atoms with Crippen LogP contribution in [0.25, 0.3) is 11.0 Å². The van der Waals surface area contributed by atoms with E-state index in [1.807, 2.05) is 18.2 Å². The van der Waals surface area contributed by atoms with Gasteiger partial charge < -0.3 is 15.9 Å². The minimum Gasteiger partial charge on any atom is -0.396 e. The molecule has 4 N–H and O–H groups in total. The molecule has 0 fully saturated rings. The molecule has 0 unspecified atom stereocenters. The normalized spacial score (nSPS) is 11.3. The maximum atomic E-state index is 9.39. The zero-order valence-corrected chi connectivity index (χ0v) is 13.0. The van der Waals surface area contributed by atoms with Gasteiger partial charge in [-0.3, -0.25) is 0 Å². The van der Waals surface area contributed by atoms with Gasteiger partial charge in [-0.2, -0.15) is 10.1 Å². The summed E-state index contributed by atoms with van der Waals surface area (Å²) in [7, 11) is 0. The van der Waals surface area contributed by atoms with Crippen molar-refractivity contribution >= 4 is 28.5 Å². The summed E-state index contributed by atoms with van der Waals surface area (Å²) >= 11 is 5.87. The molecule has 2 aromatic heterocycles. The topological polar surface area (TPSA) is 110 Å². The third-order valence-electron chi connectivity index (χ3n) is 3.53. The standard InChI is InChI=1S/C15H16ClN5O2/c16-15-19-13(17)12-6-18-21(14(12)20-15)7-10-3-9(1-2-22)4-11(5-10)8-23/h3-6,22-23H,1-2,7-8H2,(H2,17,19,20). The van der Waals surface area contributed by atoms with Gasteiger partial charge in [0.15, 0.2) is 5.65 Å². The molecule has 0 bridgehead atoms. The number of nitrogens with two attached hydrogens (primary N) is 1. The van der Waals surface area contributed by atoms with Gasteiger partial charge >= 0.3 is 0 Å². The summed E-state index contributed by atoms with van der Waals surface area (Å²) in [5.74, 6) is 0.288. The number of nitrogen functional groups attached to an aromatic ring is 1. The molecule has 7 nitrogen and oxygen atoms in total. The highest BCUT2D eigenvalue weighted by atomic mass is 35.5. The number of rotatable bonds is 5. The molecule has 3 rings (SSSR count). The highest BCUT2D eigenvalue weighted by Gasteiger charge is 2.11. The SMILES string of the molecule is Nc1nc(Cl)nc2c1cnn2Cc1cc(CO)cc(CCO)c1. The minimum atomic E-state index is -0.0624. The summed E-state index contributed by atoms with van der Waals surface area (Å²) in [5, 5.41) is 23.5. The molecule has 1 aromatic carbocycles. The molecule has 2 heterocycles. The van der Waals surface area contributed by atoms with E-state index in [-0.39, 0.29) is 24.3 Å². The van der Waals surface area contributed by atoms with E-state index in [9.17, 15) is 5.11 Å². The van der Waals surface area contributed by atoms with E-state index in [4.69, 9.17) is 22.4 Å².